The molecule has 4 rings (SSSR count). The third kappa shape index (κ3) is 3.01. The van der Waals surface area contributed by atoms with Crippen molar-refractivity contribution in [1.29, 1.82) is 0 Å². The molecule has 1 spiro atoms. The van der Waals surface area contributed by atoms with E-state index in [0.29, 0.717) is 0 Å². The fraction of sp³-hybridized carbons (Fsp3) is 0.429. The van der Waals surface area contributed by atoms with Gasteiger partial charge in [-0.25, -0.2) is 0 Å². The Balaban J connectivity index is 0.00000196. The Bertz CT molecular complexity index is 768. The maximum absolute atomic E-state index is 6.57. The summed E-state index contributed by atoms with van der Waals surface area (Å²) in [6, 6.07) is 12.6. The molecule has 140 valence electrons. The van der Waals surface area contributed by atoms with Gasteiger partial charge in [0.25, 0.3) is 0 Å². The van der Waals surface area contributed by atoms with Crippen molar-refractivity contribution in [2.75, 3.05) is 27.3 Å². The zero-order valence-corrected chi connectivity index (χ0v) is 16.4. The first-order valence-corrected chi connectivity index (χ1v) is 8.94. The topological polar surface area (TPSA) is 30.9 Å². The molecular formula is C21H26ClNO3. The van der Waals surface area contributed by atoms with Crippen LogP contribution in [0.4, 0.5) is 0 Å². The number of benzene rings is 2. The summed E-state index contributed by atoms with van der Waals surface area (Å²) in [6.45, 7) is 5.11. The number of rotatable bonds is 4. The fourth-order valence-corrected chi connectivity index (χ4v) is 4.24. The Labute approximate surface area is 161 Å². The Morgan fingerprint density at radius 2 is 1.81 bits per heavy atom. The van der Waals surface area contributed by atoms with Crippen molar-refractivity contribution in [2.24, 2.45) is 0 Å². The standard InChI is InChI=1S/C21H25NO3.ClH/c1-4-9-22-13-16-10-19(23-2)20(24-3)11-17(16)21(14-22)12-15-7-5-6-8-18(15)25-21;/h5-8,10-11H,4,9,12-14H2,1-3H3;1H. The number of ether oxygens (including phenoxy) is 3. The summed E-state index contributed by atoms with van der Waals surface area (Å²) in [6.07, 6.45) is 2.03. The first-order chi connectivity index (χ1) is 12.2. The molecule has 0 amide bonds. The first kappa shape index (κ1) is 18.9. The van der Waals surface area contributed by atoms with Crippen LogP contribution in [0.25, 0.3) is 0 Å². The average Bonchev–Trinajstić information content (AvgIpc) is 2.99. The lowest BCUT2D eigenvalue weighted by Crippen LogP contribution is -2.48. The van der Waals surface area contributed by atoms with Gasteiger partial charge >= 0.3 is 0 Å². The smallest absolute Gasteiger partial charge is 0.161 e. The van der Waals surface area contributed by atoms with Gasteiger partial charge in [0.2, 0.25) is 0 Å². The van der Waals surface area contributed by atoms with Gasteiger partial charge in [0.15, 0.2) is 17.1 Å². The molecule has 0 saturated carbocycles. The van der Waals surface area contributed by atoms with E-state index in [1.807, 2.05) is 6.07 Å². The lowest BCUT2D eigenvalue weighted by Gasteiger charge is -2.41. The van der Waals surface area contributed by atoms with Gasteiger partial charge in [-0.05, 0) is 42.3 Å². The molecule has 2 heterocycles. The third-order valence-electron chi connectivity index (χ3n) is 5.27. The normalized spacial score (nSPS) is 20.7. The highest BCUT2D eigenvalue weighted by atomic mass is 35.5. The zero-order valence-electron chi connectivity index (χ0n) is 15.6. The van der Waals surface area contributed by atoms with Gasteiger partial charge in [0, 0.05) is 25.1 Å². The highest BCUT2D eigenvalue weighted by molar-refractivity contribution is 5.85. The highest BCUT2D eigenvalue weighted by Crippen LogP contribution is 2.47. The first-order valence-electron chi connectivity index (χ1n) is 8.94. The molecule has 1 unspecified atom stereocenters. The van der Waals surface area contributed by atoms with E-state index < -0.39 is 0 Å². The third-order valence-corrected chi connectivity index (χ3v) is 5.27. The van der Waals surface area contributed by atoms with E-state index >= 15 is 0 Å². The van der Waals surface area contributed by atoms with E-state index in [2.05, 4.69) is 42.2 Å². The van der Waals surface area contributed by atoms with Crippen LogP contribution in [-0.4, -0.2) is 32.2 Å². The molecule has 0 fully saturated rings. The van der Waals surface area contributed by atoms with Gasteiger partial charge in [0.1, 0.15) is 5.75 Å². The molecule has 1 atom stereocenters. The summed E-state index contributed by atoms with van der Waals surface area (Å²) in [5.74, 6) is 2.55. The van der Waals surface area contributed by atoms with Gasteiger partial charge in [-0.2, -0.15) is 0 Å². The zero-order chi connectivity index (χ0) is 17.4. The van der Waals surface area contributed by atoms with Gasteiger partial charge in [-0.3, -0.25) is 4.90 Å². The largest absolute Gasteiger partial charge is 0.493 e. The number of hydrogen-bond acceptors (Lipinski definition) is 4. The van der Waals surface area contributed by atoms with Crippen molar-refractivity contribution in [3.05, 3.63) is 53.1 Å². The Morgan fingerprint density at radius 3 is 2.50 bits per heavy atom. The molecule has 0 bridgehead atoms. The van der Waals surface area contributed by atoms with E-state index in [9.17, 15) is 0 Å². The molecule has 2 aliphatic heterocycles. The molecule has 5 heteroatoms. The monoisotopic (exact) mass is 375 g/mol. The summed E-state index contributed by atoms with van der Waals surface area (Å²) >= 11 is 0. The van der Waals surface area contributed by atoms with E-state index in [4.69, 9.17) is 14.2 Å². The van der Waals surface area contributed by atoms with Crippen molar-refractivity contribution < 1.29 is 14.2 Å². The second-order valence-corrected chi connectivity index (χ2v) is 6.96. The highest BCUT2D eigenvalue weighted by Gasteiger charge is 2.46. The molecule has 2 aliphatic rings. The van der Waals surface area contributed by atoms with Crippen LogP contribution in [0.5, 0.6) is 17.2 Å². The minimum absolute atomic E-state index is 0. The minimum Gasteiger partial charge on any atom is -0.493 e. The van der Waals surface area contributed by atoms with E-state index in [1.165, 1.54) is 16.7 Å². The Kier molecular flexibility index (Phi) is 5.35. The van der Waals surface area contributed by atoms with Crippen molar-refractivity contribution in [1.82, 2.24) is 4.90 Å². The second-order valence-electron chi connectivity index (χ2n) is 6.96. The van der Waals surface area contributed by atoms with Crippen LogP contribution in [0.1, 0.15) is 30.0 Å². The molecule has 0 radical (unpaired) electrons. The molecule has 0 N–H and O–H groups in total. The predicted molar refractivity (Wildman–Crippen MR) is 105 cm³/mol. The molecule has 2 aromatic rings. The Morgan fingerprint density at radius 1 is 1.08 bits per heavy atom. The molecular weight excluding hydrogens is 350 g/mol. The van der Waals surface area contributed by atoms with Gasteiger partial charge in [-0.15, -0.1) is 12.4 Å². The molecule has 0 aliphatic carbocycles. The van der Waals surface area contributed by atoms with Gasteiger partial charge < -0.3 is 14.2 Å². The molecule has 0 saturated heterocycles. The van der Waals surface area contributed by atoms with E-state index in [-0.39, 0.29) is 18.0 Å². The lowest BCUT2D eigenvalue weighted by molar-refractivity contribution is 0.0254. The maximum Gasteiger partial charge on any atom is 0.161 e. The summed E-state index contributed by atoms with van der Waals surface area (Å²) in [4.78, 5) is 2.49. The van der Waals surface area contributed by atoms with Crippen LogP contribution in [0.3, 0.4) is 0 Å². The minimum atomic E-state index is -0.341. The van der Waals surface area contributed by atoms with E-state index in [1.54, 1.807) is 14.2 Å². The number of nitrogens with zero attached hydrogens (tertiary/aromatic N) is 1. The van der Waals surface area contributed by atoms with Crippen molar-refractivity contribution in [3.63, 3.8) is 0 Å². The van der Waals surface area contributed by atoms with Crippen LogP contribution < -0.4 is 14.2 Å². The maximum atomic E-state index is 6.57. The van der Waals surface area contributed by atoms with Crippen LogP contribution in [-0.2, 0) is 18.6 Å². The van der Waals surface area contributed by atoms with Gasteiger partial charge in [0.05, 0.1) is 14.2 Å². The number of hydrogen-bond donors (Lipinski definition) is 0. The Hall–Kier alpha value is -1.91. The number of para-hydroxylation sites is 1. The van der Waals surface area contributed by atoms with Crippen LogP contribution >= 0.6 is 12.4 Å². The summed E-state index contributed by atoms with van der Waals surface area (Å²) in [7, 11) is 3.38. The SMILES string of the molecule is CCCN1Cc2cc(OC)c(OC)cc2C2(Cc3ccccc3O2)C1.Cl. The van der Waals surface area contributed by atoms with Crippen molar-refractivity contribution >= 4 is 12.4 Å². The summed E-state index contributed by atoms with van der Waals surface area (Å²) in [5.41, 5.74) is 3.44. The molecule has 2 aromatic carbocycles. The number of halogens is 1. The summed E-state index contributed by atoms with van der Waals surface area (Å²) in [5, 5.41) is 0. The van der Waals surface area contributed by atoms with Crippen LogP contribution in [0.15, 0.2) is 36.4 Å². The molecule has 4 nitrogen and oxygen atoms in total. The van der Waals surface area contributed by atoms with Crippen molar-refractivity contribution in [3.8, 4) is 17.2 Å². The second kappa shape index (κ2) is 7.37. The lowest BCUT2D eigenvalue weighted by atomic mass is 9.82. The quantitative estimate of drug-likeness (QED) is 0.802. The number of methoxy groups -OCH3 is 2. The van der Waals surface area contributed by atoms with Crippen LogP contribution in [0, 0.1) is 0 Å². The van der Waals surface area contributed by atoms with Crippen molar-refractivity contribution in [2.45, 2.75) is 31.9 Å². The van der Waals surface area contributed by atoms with E-state index in [0.717, 1.165) is 49.7 Å². The molecule has 0 aromatic heterocycles. The summed E-state index contributed by atoms with van der Waals surface area (Å²) < 4.78 is 17.7. The predicted octanol–water partition coefficient (Wildman–Crippen LogP) is 4.18. The van der Waals surface area contributed by atoms with Gasteiger partial charge in [-0.1, -0.05) is 25.1 Å². The molecule has 26 heavy (non-hydrogen) atoms. The number of fused-ring (bicyclic) bond motifs is 3. The van der Waals surface area contributed by atoms with Crippen LogP contribution in [0.2, 0.25) is 0 Å². The fourth-order valence-electron chi connectivity index (χ4n) is 4.24. The average molecular weight is 376 g/mol.